The lowest BCUT2D eigenvalue weighted by molar-refractivity contribution is -0.142. The van der Waals surface area contributed by atoms with Gasteiger partial charge in [-0.05, 0) is 32.1 Å². The molecule has 1 amide bonds. The average Bonchev–Trinajstić information content (AvgIpc) is 2.30. The summed E-state index contributed by atoms with van der Waals surface area (Å²) < 4.78 is 4.88. The number of hydrogen-bond donors (Lipinski definition) is 2. The molecule has 0 bridgehead atoms. The van der Waals surface area contributed by atoms with Gasteiger partial charge in [-0.25, -0.2) is 0 Å². The van der Waals surface area contributed by atoms with Gasteiger partial charge in [-0.3, -0.25) is 9.59 Å². The molecule has 0 aromatic carbocycles. The molecule has 5 nitrogen and oxygen atoms in total. The van der Waals surface area contributed by atoms with Gasteiger partial charge in [0.15, 0.2) is 0 Å². The molecule has 1 aliphatic carbocycles. The van der Waals surface area contributed by atoms with Crippen LogP contribution in [0.25, 0.3) is 0 Å². The normalized spacial score (nSPS) is 24.3. The first kappa shape index (κ1) is 14.0. The number of carbonyl (C=O) groups excluding carboxylic acids is 1. The van der Waals surface area contributed by atoms with E-state index in [1.54, 1.807) is 7.11 Å². The maximum Gasteiger partial charge on any atom is 0.306 e. The van der Waals surface area contributed by atoms with Gasteiger partial charge in [0.05, 0.1) is 5.92 Å². The third kappa shape index (κ3) is 5.17. The number of carboxylic acid groups (broad SMARTS) is 1. The molecule has 0 spiro atoms. The molecule has 2 N–H and O–H groups in total. The van der Waals surface area contributed by atoms with E-state index in [9.17, 15) is 9.59 Å². The lowest BCUT2D eigenvalue weighted by atomic mass is 9.86. The van der Waals surface area contributed by atoms with Gasteiger partial charge in [-0.1, -0.05) is 0 Å². The summed E-state index contributed by atoms with van der Waals surface area (Å²) in [7, 11) is 1.62. The summed E-state index contributed by atoms with van der Waals surface area (Å²) in [6.07, 6.45) is 4.08. The predicted octanol–water partition coefficient (Wildman–Crippen LogP) is 1.17. The molecule has 0 atom stereocenters. The molecule has 17 heavy (non-hydrogen) atoms. The van der Waals surface area contributed by atoms with Crippen molar-refractivity contribution in [2.24, 2.45) is 5.92 Å². The highest BCUT2D eigenvalue weighted by Crippen LogP contribution is 2.24. The maximum atomic E-state index is 11.5. The Balaban J connectivity index is 2.17. The highest BCUT2D eigenvalue weighted by atomic mass is 16.5. The van der Waals surface area contributed by atoms with E-state index in [-0.39, 0.29) is 17.9 Å². The third-order valence-corrected chi connectivity index (χ3v) is 3.19. The third-order valence-electron chi connectivity index (χ3n) is 3.19. The first-order valence-corrected chi connectivity index (χ1v) is 6.14. The second kappa shape index (κ2) is 7.27. The van der Waals surface area contributed by atoms with Gasteiger partial charge in [0.2, 0.25) is 5.91 Å². The van der Waals surface area contributed by atoms with Crippen LogP contribution < -0.4 is 5.32 Å². The van der Waals surface area contributed by atoms with Crippen LogP contribution in [0.15, 0.2) is 0 Å². The van der Waals surface area contributed by atoms with Crippen molar-refractivity contribution in [1.29, 1.82) is 0 Å². The van der Waals surface area contributed by atoms with Crippen LogP contribution in [-0.2, 0) is 14.3 Å². The Labute approximate surface area is 102 Å². The standard InChI is InChI=1S/C12H21NO4/c1-17-8-2-3-11(14)13-10-6-4-9(5-7-10)12(15)16/h9-10H,2-8H2,1H3,(H,13,14)(H,15,16). The minimum absolute atomic E-state index is 0.0424. The summed E-state index contributed by atoms with van der Waals surface area (Å²) in [6.45, 7) is 0.596. The Hall–Kier alpha value is -1.10. The lowest BCUT2D eigenvalue weighted by Crippen LogP contribution is -2.38. The number of methoxy groups -OCH3 is 1. The lowest BCUT2D eigenvalue weighted by Gasteiger charge is -2.26. The minimum Gasteiger partial charge on any atom is -0.481 e. The molecular formula is C12H21NO4. The number of amides is 1. The zero-order chi connectivity index (χ0) is 12.7. The molecule has 0 heterocycles. The quantitative estimate of drug-likeness (QED) is 0.687. The Morgan fingerprint density at radius 3 is 2.47 bits per heavy atom. The summed E-state index contributed by atoms with van der Waals surface area (Å²) in [5.41, 5.74) is 0. The van der Waals surface area contributed by atoms with Crippen LogP contribution in [0.3, 0.4) is 0 Å². The van der Waals surface area contributed by atoms with E-state index < -0.39 is 5.97 Å². The number of carbonyl (C=O) groups is 2. The first-order chi connectivity index (χ1) is 8.13. The summed E-state index contributed by atoms with van der Waals surface area (Å²) in [5, 5.41) is 11.8. The molecule has 1 saturated carbocycles. The minimum atomic E-state index is -0.713. The second-order valence-corrected chi connectivity index (χ2v) is 4.55. The van der Waals surface area contributed by atoms with Gasteiger partial charge in [-0.2, -0.15) is 0 Å². The van der Waals surface area contributed by atoms with Crippen molar-refractivity contribution in [3.63, 3.8) is 0 Å². The van der Waals surface area contributed by atoms with Crippen LogP contribution in [0.5, 0.6) is 0 Å². The summed E-state index contributed by atoms with van der Waals surface area (Å²) in [6, 6.07) is 0.153. The van der Waals surface area contributed by atoms with Crippen molar-refractivity contribution in [1.82, 2.24) is 5.32 Å². The Morgan fingerprint density at radius 1 is 1.29 bits per heavy atom. The van der Waals surface area contributed by atoms with Crippen LogP contribution in [0.4, 0.5) is 0 Å². The number of hydrogen-bond acceptors (Lipinski definition) is 3. The van der Waals surface area contributed by atoms with Gasteiger partial charge in [0.1, 0.15) is 0 Å². The van der Waals surface area contributed by atoms with Crippen LogP contribution >= 0.6 is 0 Å². The molecule has 98 valence electrons. The zero-order valence-electron chi connectivity index (χ0n) is 10.3. The second-order valence-electron chi connectivity index (χ2n) is 4.55. The van der Waals surface area contributed by atoms with Crippen LogP contribution in [0.2, 0.25) is 0 Å². The van der Waals surface area contributed by atoms with Gasteiger partial charge < -0.3 is 15.2 Å². The first-order valence-electron chi connectivity index (χ1n) is 6.14. The maximum absolute atomic E-state index is 11.5. The smallest absolute Gasteiger partial charge is 0.306 e. The topological polar surface area (TPSA) is 75.6 Å². The molecule has 0 aromatic heterocycles. The van der Waals surface area contributed by atoms with E-state index in [1.807, 2.05) is 0 Å². The predicted molar refractivity (Wildman–Crippen MR) is 62.6 cm³/mol. The molecule has 0 aromatic rings. The number of carboxylic acids is 1. The summed E-state index contributed by atoms with van der Waals surface area (Å²) in [4.78, 5) is 22.3. The molecule has 0 radical (unpaired) electrons. The van der Waals surface area contributed by atoms with Gasteiger partial charge in [0, 0.05) is 26.2 Å². The molecule has 0 aliphatic heterocycles. The van der Waals surface area contributed by atoms with E-state index in [2.05, 4.69) is 5.32 Å². The van der Waals surface area contributed by atoms with Crippen LogP contribution in [0.1, 0.15) is 38.5 Å². The largest absolute Gasteiger partial charge is 0.481 e. The Kier molecular flexibility index (Phi) is 5.97. The van der Waals surface area contributed by atoms with E-state index in [0.29, 0.717) is 25.9 Å². The highest BCUT2D eigenvalue weighted by Gasteiger charge is 2.26. The Bertz CT molecular complexity index is 259. The van der Waals surface area contributed by atoms with Crippen molar-refractivity contribution < 1.29 is 19.4 Å². The summed E-state index contributed by atoms with van der Waals surface area (Å²) in [5.74, 6) is -0.896. The average molecular weight is 243 g/mol. The molecule has 1 aliphatic rings. The molecule has 0 unspecified atom stereocenters. The molecule has 5 heteroatoms. The van der Waals surface area contributed by atoms with Crippen LogP contribution in [0, 0.1) is 5.92 Å². The SMILES string of the molecule is COCCCC(=O)NC1CCC(C(=O)O)CC1. The monoisotopic (exact) mass is 243 g/mol. The van der Waals surface area contributed by atoms with Crippen molar-refractivity contribution in [2.45, 2.75) is 44.6 Å². The van der Waals surface area contributed by atoms with Crippen molar-refractivity contribution >= 4 is 11.9 Å². The fourth-order valence-electron chi connectivity index (χ4n) is 2.16. The molecule has 1 fully saturated rings. The molecule has 0 saturated heterocycles. The highest BCUT2D eigenvalue weighted by molar-refractivity contribution is 5.76. The van der Waals surface area contributed by atoms with Crippen molar-refractivity contribution in [3.05, 3.63) is 0 Å². The van der Waals surface area contributed by atoms with Crippen LogP contribution in [-0.4, -0.2) is 36.7 Å². The van der Waals surface area contributed by atoms with E-state index in [1.165, 1.54) is 0 Å². The fraction of sp³-hybridized carbons (Fsp3) is 0.833. The van der Waals surface area contributed by atoms with E-state index in [0.717, 1.165) is 19.3 Å². The van der Waals surface area contributed by atoms with Gasteiger partial charge >= 0.3 is 5.97 Å². The van der Waals surface area contributed by atoms with Gasteiger partial charge in [0.25, 0.3) is 0 Å². The van der Waals surface area contributed by atoms with E-state index in [4.69, 9.17) is 9.84 Å². The fourth-order valence-corrected chi connectivity index (χ4v) is 2.16. The Morgan fingerprint density at radius 2 is 1.94 bits per heavy atom. The molecule has 1 rings (SSSR count). The number of aliphatic carboxylic acids is 1. The van der Waals surface area contributed by atoms with Crippen molar-refractivity contribution in [3.8, 4) is 0 Å². The zero-order valence-corrected chi connectivity index (χ0v) is 10.3. The number of nitrogens with one attached hydrogen (secondary N) is 1. The number of rotatable bonds is 6. The molecular weight excluding hydrogens is 222 g/mol. The number of ether oxygens (including phenoxy) is 1. The van der Waals surface area contributed by atoms with Crippen molar-refractivity contribution in [2.75, 3.05) is 13.7 Å². The van der Waals surface area contributed by atoms with Gasteiger partial charge in [-0.15, -0.1) is 0 Å². The van der Waals surface area contributed by atoms with E-state index >= 15 is 0 Å². The summed E-state index contributed by atoms with van der Waals surface area (Å²) >= 11 is 0.